The number of hydrogen-bond acceptors (Lipinski definition) is 4. The van der Waals surface area contributed by atoms with Crippen LogP contribution in [0, 0.1) is 6.92 Å². The molecule has 4 rings (SSSR count). The second-order valence-corrected chi connectivity index (χ2v) is 7.25. The van der Waals surface area contributed by atoms with Gasteiger partial charge in [-0.25, -0.2) is 9.69 Å². The van der Waals surface area contributed by atoms with E-state index in [0.717, 1.165) is 21.9 Å². The van der Waals surface area contributed by atoms with Crippen LogP contribution in [-0.2, 0) is 16.2 Å². The topological polar surface area (TPSA) is 95.9 Å². The molecule has 0 aliphatic carbocycles. The Morgan fingerprint density at radius 3 is 2.55 bits per heavy atom. The molecule has 1 aliphatic heterocycles. The maximum absolute atomic E-state index is 12.6. The summed E-state index contributed by atoms with van der Waals surface area (Å²) in [6.07, 6.45) is 1.54. The predicted octanol–water partition coefficient (Wildman–Crippen LogP) is 3.70. The number of benzene rings is 3. The second kappa shape index (κ2) is 8.31. The molecule has 0 atom stereocenters. The van der Waals surface area contributed by atoms with Crippen molar-refractivity contribution >= 4 is 34.8 Å². The van der Waals surface area contributed by atoms with Crippen LogP contribution >= 0.6 is 0 Å². The molecule has 31 heavy (non-hydrogen) atoms. The van der Waals surface area contributed by atoms with Gasteiger partial charge in [-0.1, -0.05) is 60.2 Å². The fourth-order valence-electron chi connectivity index (χ4n) is 3.39. The number of carbonyl (C=O) groups excluding carboxylic acids is 2. The number of imide groups is 1. The first-order valence-corrected chi connectivity index (χ1v) is 9.69. The number of carboxylic acids is 1. The summed E-state index contributed by atoms with van der Waals surface area (Å²) in [6, 6.07) is 18.6. The molecule has 0 unspecified atom stereocenters. The quantitative estimate of drug-likeness (QED) is 0.472. The summed E-state index contributed by atoms with van der Waals surface area (Å²) in [6.45, 7) is 1.65. The van der Waals surface area contributed by atoms with E-state index in [1.54, 1.807) is 0 Å². The second-order valence-electron chi connectivity index (χ2n) is 7.25. The Bertz CT molecular complexity index is 1210. The van der Waals surface area contributed by atoms with E-state index in [4.69, 9.17) is 9.84 Å². The van der Waals surface area contributed by atoms with Crippen molar-refractivity contribution in [1.29, 1.82) is 0 Å². The van der Waals surface area contributed by atoms with Crippen molar-refractivity contribution in [2.75, 3.05) is 6.54 Å². The SMILES string of the molecule is Cc1ccc(COc2ccc3ccccc3c2/C=C2/NC(=O)N(CC(=O)O)C2=O)cc1. The van der Waals surface area contributed by atoms with Crippen LogP contribution in [0.2, 0.25) is 0 Å². The van der Waals surface area contributed by atoms with Crippen molar-refractivity contribution in [2.45, 2.75) is 13.5 Å². The van der Waals surface area contributed by atoms with Crippen LogP contribution in [0.3, 0.4) is 0 Å². The van der Waals surface area contributed by atoms with Crippen LogP contribution in [0.25, 0.3) is 16.8 Å². The van der Waals surface area contributed by atoms with E-state index in [9.17, 15) is 14.4 Å². The fourth-order valence-corrected chi connectivity index (χ4v) is 3.39. The Labute approximate surface area is 178 Å². The van der Waals surface area contributed by atoms with Gasteiger partial charge in [0.05, 0.1) is 0 Å². The van der Waals surface area contributed by atoms with Crippen LogP contribution in [0.1, 0.15) is 16.7 Å². The van der Waals surface area contributed by atoms with Gasteiger partial charge >= 0.3 is 12.0 Å². The lowest BCUT2D eigenvalue weighted by Crippen LogP contribution is -2.35. The van der Waals surface area contributed by atoms with Gasteiger partial charge < -0.3 is 15.2 Å². The van der Waals surface area contributed by atoms with Crippen molar-refractivity contribution in [3.63, 3.8) is 0 Å². The number of nitrogens with one attached hydrogen (secondary N) is 1. The molecule has 156 valence electrons. The van der Waals surface area contributed by atoms with Crippen molar-refractivity contribution in [3.05, 3.63) is 83.1 Å². The molecule has 1 fully saturated rings. The number of amides is 3. The van der Waals surface area contributed by atoms with Gasteiger partial charge in [-0.05, 0) is 35.4 Å². The summed E-state index contributed by atoms with van der Waals surface area (Å²) in [5.74, 6) is -1.41. The summed E-state index contributed by atoms with van der Waals surface area (Å²) in [4.78, 5) is 36.3. The van der Waals surface area contributed by atoms with Crippen LogP contribution < -0.4 is 10.1 Å². The Morgan fingerprint density at radius 2 is 1.81 bits per heavy atom. The van der Waals surface area contributed by atoms with E-state index in [0.29, 0.717) is 22.8 Å². The fraction of sp³-hybridized carbons (Fsp3) is 0.125. The zero-order valence-electron chi connectivity index (χ0n) is 16.8. The number of rotatable bonds is 6. The molecule has 1 saturated heterocycles. The minimum absolute atomic E-state index is 0.00258. The largest absolute Gasteiger partial charge is 0.488 e. The standard InChI is InChI=1S/C24H20N2O5/c1-15-6-8-16(9-7-15)14-31-21-11-10-17-4-2-3-5-18(17)19(21)12-20-23(29)26(13-22(27)28)24(30)25-20/h2-12H,13-14H2,1H3,(H,25,30)(H,27,28)/b20-12+. The summed E-state index contributed by atoms with van der Waals surface area (Å²) >= 11 is 0. The molecule has 3 aromatic carbocycles. The molecule has 1 aliphatic rings. The first-order valence-electron chi connectivity index (χ1n) is 9.69. The number of nitrogens with zero attached hydrogens (tertiary/aromatic N) is 1. The number of hydrogen-bond donors (Lipinski definition) is 2. The van der Waals surface area contributed by atoms with Gasteiger partial charge in [0.1, 0.15) is 24.6 Å². The van der Waals surface area contributed by atoms with E-state index in [1.807, 2.05) is 67.6 Å². The van der Waals surface area contributed by atoms with Crippen molar-refractivity contribution in [1.82, 2.24) is 10.2 Å². The molecule has 3 amide bonds. The smallest absolute Gasteiger partial charge is 0.329 e. The van der Waals surface area contributed by atoms with E-state index >= 15 is 0 Å². The van der Waals surface area contributed by atoms with Gasteiger partial charge in [0.2, 0.25) is 0 Å². The number of urea groups is 1. The molecule has 0 aromatic heterocycles. The molecule has 0 saturated carbocycles. The number of carboxylic acid groups (broad SMARTS) is 1. The molecule has 3 aromatic rings. The average Bonchev–Trinajstić information content (AvgIpc) is 3.01. The van der Waals surface area contributed by atoms with Gasteiger partial charge in [-0.15, -0.1) is 0 Å². The first kappa shape index (κ1) is 20.2. The zero-order chi connectivity index (χ0) is 22.0. The molecule has 2 N–H and O–H groups in total. The highest BCUT2D eigenvalue weighted by molar-refractivity contribution is 6.15. The highest BCUT2D eigenvalue weighted by Crippen LogP contribution is 2.31. The molecular formula is C24H20N2O5. The Morgan fingerprint density at radius 1 is 1.06 bits per heavy atom. The van der Waals surface area contributed by atoms with Crippen LogP contribution in [0.15, 0.2) is 66.4 Å². The van der Waals surface area contributed by atoms with Gasteiger partial charge in [0.15, 0.2) is 0 Å². The monoisotopic (exact) mass is 416 g/mol. The van der Waals surface area contributed by atoms with Gasteiger partial charge in [0.25, 0.3) is 5.91 Å². The summed E-state index contributed by atoms with van der Waals surface area (Å²) in [7, 11) is 0. The molecule has 0 spiro atoms. The maximum atomic E-state index is 12.6. The minimum Gasteiger partial charge on any atom is -0.488 e. The third-order valence-corrected chi connectivity index (χ3v) is 4.99. The Hall–Kier alpha value is -4.13. The Kier molecular flexibility index (Phi) is 5.41. The van der Waals surface area contributed by atoms with E-state index in [2.05, 4.69) is 5.32 Å². The van der Waals surface area contributed by atoms with Crippen molar-refractivity contribution < 1.29 is 24.2 Å². The number of aryl methyl sites for hydroxylation is 1. The number of carbonyl (C=O) groups is 3. The predicted molar refractivity (Wildman–Crippen MR) is 115 cm³/mol. The summed E-state index contributed by atoms with van der Waals surface area (Å²) in [5, 5.41) is 13.2. The highest BCUT2D eigenvalue weighted by atomic mass is 16.5. The highest BCUT2D eigenvalue weighted by Gasteiger charge is 2.35. The molecule has 0 radical (unpaired) electrons. The molecule has 1 heterocycles. The van der Waals surface area contributed by atoms with Crippen molar-refractivity contribution in [3.8, 4) is 5.75 Å². The Balaban J connectivity index is 1.71. The molecule has 7 heteroatoms. The van der Waals surface area contributed by atoms with Gasteiger partial charge in [-0.3, -0.25) is 9.59 Å². The number of fused-ring (bicyclic) bond motifs is 1. The summed E-state index contributed by atoms with van der Waals surface area (Å²) in [5.41, 5.74) is 2.78. The van der Waals surface area contributed by atoms with E-state index < -0.39 is 24.5 Å². The van der Waals surface area contributed by atoms with Gasteiger partial charge in [-0.2, -0.15) is 0 Å². The lowest BCUT2D eigenvalue weighted by Gasteiger charge is -2.13. The van der Waals surface area contributed by atoms with Crippen LogP contribution in [0.4, 0.5) is 4.79 Å². The molecule has 0 bridgehead atoms. The molecule has 7 nitrogen and oxygen atoms in total. The zero-order valence-corrected chi connectivity index (χ0v) is 16.8. The van der Waals surface area contributed by atoms with Crippen LogP contribution in [-0.4, -0.2) is 34.5 Å². The average molecular weight is 416 g/mol. The minimum atomic E-state index is -1.27. The third-order valence-electron chi connectivity index (χ3n) is 4.99. The number of ether oxygens (including phenoxy) is 1. The maximum Gasteiger partial charge on any atom is 0.329 e. The van der Waals surface area contributed by atoms with Crippen molar-refractivity contribution in [2.24, 2.45) is 0 Å². The summed E-state index contributed by atoms with van der Waals surface area (Å²) < 4.78 is 6.06. The molecular weight excluding hydrogens is 396 g/mol. The lowest BCUT2D eigenvalue weighted by molar-refractivity contribution is -0.140. The first-order chi connectivity index (χ1) is 14.9. The normalized spacial score (nSPS) is 14.9. The number of aliphatic carboxylic acids is 1. The van der Waals surface area contributed by atoms with Crippen LogP contribution in [0.5, 0.6) is 5.75 Å². The lowest BCUT2D eigenvalue weighted by atomic mass is 10.0. The van der Waals surface area contributed by atoms with E-state index in [-0.39, 0.29) is 5.70 Å². The third kappa shape index (κ3) is 4.25. The van der Waals surface area contributed by atoms with E-state index in [1.165, 1.54) is 6.08 Å². The van der Waals surface area contributed by atoms with Gasteiger partial charge in [0, 0.05) is 5.56 Å².